The van der Waals surface area contributed by atoms with Gasteiger partial charge in [0.25, 0.3) is 0 Å². The third kappa shape index (κ3) is 1.78. The van der Waals surface area contributed by atoms with Gasteiger partial charge in [0.05, 0.1) is 5.69 Å². The van der Waals surface area contributed by atoms with Crippen LogP contribution < -0.4 is 5.69 Å². The van der Waals surface area contributed by atoms with Gasteiger partial charge in [-0.15, -0.1) is 0 Å². The van der Waals surface area contributed by atoms with Crippen LogP contribution in [0, 0.1) is 0 Å². The topological polar surface area (TPSA) is 92.2 Å². The van der Waals surface area contributed by atoms with Gasteiger partial charge in [-0.3, -0.25) is 14.2 Å². The standard InChI is InChI=1S/C17H10N2O4/c20-10-7-5-9(6-8-10)19-14-13(18-17(19)23)15(21)11-3-1-2-4-12(11)16(14)22/h1-8,20H,(H,18,23). The fourth-order valence-corrected chi connectivity index (χ4v) is 2.80. The lowest BCUT2D eigenvalue weighted by Gasteiger charge is -2.15. The van der Waals surface area contributed by atoms with E-state index in [1.165, 1.54) is 24.3 Å². The first-order valence-electron chi connectivity index (χ1n) is 6.91. The van der Waals surface area contributed by atoms with Crippen LogP contribution in [0.4, 0.5) is 0 Å². The Labute approximate surface area is 129 Å². The summed E-state index contributed by atoms with van der Waals surface area (Å²) in [5, 5.41) is 9.37. The molecule has 1 aromatic heterocycles. The average molecular weight is 306 g/mol. The highest BCUT2D eigenvalue weighted by Crippen LogP contribution is 2.27. The number of aromatic hydroxyl groups is 1. The number of hydrogen-bond acceptors (Lipinski definition) is 4. The van der Waals surface area contributed by atoms with Gasteiger partial charge in [0.15, 0.2) is 0 Å². The van der Waals surface area contributed by atoms with Gasteiger partial charge in [-0.25, -0.2) is 4.79 Å². The quantitative estimate of drug-likeness (QED) is 0.559. The summed E-state index contributed by atoms with van der Waals surface area (Å²) in [6, 6.07) is 12.3. The minimum absolute atomic E-state index is 0.00762. The Morgan fingerprint density at radius 1 is 0.826 bits per heavy atom. The van der Waals surface area contributed by atoms with Crippen molar-refractivity contribution in [2.75, 3.05) is 0 Å². The van der Waals surface area contributed by atoms with Crippen molar-refractivity contribution in [3.05, 3.63) is 81.5 Å². The normalized spacial score (nSPS) is 12.9. The zero-order valence-electron chi connectivity index (χ0n) is 11.7. The summed E-state index contributed by atoms with van der Waals surface area (Å²) < 4.78 is 1.16. The van der Waals surface area contributed by atoms with Crippen LogP contribution in [0.1, 0.15) is 32.1 Å². The zero-order chi connectivity index (χ0) is 16.1. The number of carbonyl (C=O) groups is 2. The summed E-state index contributed by atoms with van der Waals surface area (Å²) >= 11 is 0. The average Bonchev–Trinajstić information content (AvgIpc) is 2.91. The molecule has 0 aliphatic heterocycles. The van der Waals surface area contributed by atoms with Gasteiger partial charge in [-0.2, -0.15) is 0 Å². The number of phenolic OH excluding ortho intramolecular Hbond substituents is 1. The van der Waals surface area contributed by atoms with Gasteiger partial charge in [0, 0.05) is 11.1 Å². The van der Waals surface area contributed by atoms with Crippen molar-refractivity contribution in [2.24, 2.45) is 0 Å². The Hall–Kier alpha value is -3.41. The molecular formula is C17H10N2O4. The molecule has 0 fully saturated rings. The van der Waals surface area contributed by atoms with Crippen molar-refractivity contribution in [2.45, 2.75) is 0 Å². The molecule has 23 heavy (non-hydrogen) atoms. The van der Waals surface area contributed by atoms with Crippen molar-refractivity contribution < 1.29 is 14.7 Å². The van der Waals surface area contributed by atoms with E-state index in [4.69, 9.17) is 0 Å². The molecule has 1 aliphatic carbocycles. The van der Waals surface area contributed by atoms with Crippen LogP contribution in [0.2, 0.25) is 0 Å². The predicted molar refractivity (Wildman–Crippen MR) is 81.4 cm³/mol. The number of H-pyrrole nitrogens is 1. The molecule has 0 bridgehead atoms. The number of nitrogens with zero attached hydrogens (tertiary/aromatic N) is 1. The van der Waals surface area contributed by atoms with Crippen LogP contribution in [0.3, 0.4) is 0 Å². The van der Waals surface area contributed by atoms with Gasteiger partial charge < -0.3 is 10.1 Å². The molecule has 3 aromatic rings. The molecule has 6 nitrogen and oxygen atoms in total. The van der Waals surface area contributed by atoms with Gasteiger partial charge in [0.2, 0.25) is 11.6 Å². The number of ketones is 2. The fraction of sp³-hybridized carbons (Fsp3) is 0. The number of aromatic amines is 1. The third-order valence-electron chi connectivity index (χ3n) is 3.86. The molecule has 0 atom stereocenters. The van der Waals surface area contributed by atoms with Crippen molar-refractivity contribution in [1.82, 2.24) is 9.55 Å². The van der Waals surface area contributed by atoms with Gasteiger partial charge in [-0.05, 0) is 24.3 Å². The van der Waals surface area contributed by atoms with E-state index in [2.05, 4.69) is 4.98 Å². The highest BCUT2D eigenvalue weighted by Gasteiger charge is 2.34. The number of aromatic nitrogens is 2. The van der Waals surface area contributed by atoms with E-state index >= 15 is 0 Å². The smallest absolute Gasteiger partial charge is 0.331 e. The molecule has 0 saturated heterocycles. The molecule has 112 valence electrons. The van der Waals surface area contributed by atoms with E-state index in [1.54, 1.807) is 24.3 Å². The summed E-state index contributed by atoms with van der Waals surface area (Å²) in [7, 11) is 0. The van der Waals surface area contributed by atoms with Gasteiger partial charge in [-0.1, -0.05) is 24.3 Å². The lowest BCUT2D eigenvalue weighted by Crippen LogP contribution is -2.24. The van der Waals surface area contributed by atoms with E-state index in [-0.39, 0.29) is 39.8 Å². The number of fused-ring (bicyclic) bond motifs is 2. The molecule has 2 aromatic carbocycles. The summed E-state index contributed by atoms with van der Waals surface area (Å²) in [4.78, 5) is 40.0. The van der Waals surface area contributed by atoms with E-state index in [9.17, 15) is 19.5 Å². The Morgan fingerprint density at radius 2 is 1.43 bits per heavy atom. The van der Waals surface area contributed by atoms with Crippen LogP contribution >= 0.6 is 0 Å². The molecule has 1 heterocycles. The molecule has 1 aliphatic rings. The number of imidazole rings is 1. The largest absolute Gasteiger partial charge is 0.508 e. The van der Waals surface area contributed by atoms with E-state index in [1.807, 2.05) is 0 Å². The Balaban J connectivity index is 2.02. The van der Waals surface area contributed by atoms with E-state index in [0.29, 0.717) is 5.69 Å². The predicted octanol–water partition coefficient (Wildman–Crippen LogP) is 1.65. The summed E-state index contributed by atoms with van der Waals surface area (Å²) in [5.41, 5.74) is 0.387. The first-order chi connectivity index (χ1) is 11.1. The molecule has 2 N–H and O–H groups in total. The van der Waals surface area contributed by atoms with Crippen LogP contribution in [0.15, 0.2) is 53.3 Å². The minimum Gasteiger partial charge on any atom is -0.508 e. The summed E-state index contributed by atoms with van der Waals surface area (Å²) in [6.45, 7) is 0. The number of benzene rings is 2. The zero-order valence-corrected chi connectivity index (χ0v) is 11.7. The van der Waals surface area contributed by atoms with Gasteiger partial charge in [0.1, 0.15) is 17.1 Å². The summed E-state index contributed by atoms with van der Waals surface area (Å²) in [5.74, 6) is -0.731. The molecule has 0 radical (unpaired) electrons. The Morgan fingerprint density at radius 3 is 2.09 bits per heavy atom. The molecule has 0 amide bonds. The molecule has 0 saturated carbocycles. The molecule has 0 spiro atoms. The minimum atomic E-state index is -0.574. The monoisotopic (exact) mass is 306 g/mol. The lowest BCUT2D eigenvalue weighted by atomic mass is 9.90. The second-order valence-electron chi connectivity index (χ2n) is 5.21. The summed E-state index contributed by atoms with van der Waals surface area (Å²) in [6.07, 6.45) is 0. The second-order valence-corrected chi connectivity index (χ2v) is 5.21. The second kappa shape index (κ2) is 4.54. The Bertz CT molecular complexity index is 1030. The highest BCUT2D eigenvalue weighted by molar-refractivity contribution is 6.27. The van der Waals surface area contributed by atoms with Crippen molar-refractivity contribution in [1.29, 1.82) is 0 Å². The fourth-order valence-electron chi connectivity index (χ4n) is 2.80. The van der Waals surface area contributed by atoms with Crippen molar-refractivity contribution in [3.63, 3.8) is 0 Å². The maximum absolute atomic E-state index is 12.7. The van der Waals surface area contributed by atoms with E-state index in [0.717, 1.165) is 4.57 Å². The Kier molecular flexibility index (Phi) is 2.62. The first kappa shape index (κ1) is 13.3. The third-order valence-corrected chi connectivity index (χ3v) is 3.86. The van der Waals surface area contributed by atoms with Crippen molar-refractivity contribution >= 4 is 11.6 Å². The van der Waals surface area contributed by atoms with Crippen LogP contribution in [0.5, 0.6) is 5.75 Å². The van der Waals surface area contributed by atoms with Gasteiger partial charge >= 0.3 is 5.69 Å². The maximum Gasteiger partial charge on any atom is 0.331 e. The van der Waals surface area contributed by atoms with Crippen LogP contribution in [0.25, 0.3) is 5.69 Å². The molecular weight excluding hydrogens is 296 g/mol. The first-order valence-corrected chi connectivity index (χ1v) is 6.91. The highest BCUT2D eigenvalue weighted by atomic mass is 16.3. The molecule has 6 heteroatoms. The number of rotatable bonds is 1. The SMILES string of the molecule is O=C1c2ccccc2C(=O)c2c1[nH]c(=O)n2-c1ccc(O)cc1. The molecule has 0 unspecified atom stereocenters. The molecule has 4 rings (SSSR count). The van der Waals surface area contributed by atoms with E-state index < -0.39 is 5.69 Å². The number of nitrogens with one attached hydrogen (secondary N) is 1. The lowest BCUT2D eigenvalue weighted by molar-refractivity contribution is 0.0972. The van der Waals surface area contributed by atoms with Crippen LogP contribution in [-0.4, -0.2) is 26.2 Å². The number of hydrogen-bond donors (Lipinski definition) is 2. The van der Waals surface area contributed by atoms with Crippen LogP contribution in [-0.2, 0) is 0 Å². The number of carbonyl (C=O) groups excluding carboxylic acids is 2. The van der Waals surface area contributed by atoms with Crippen molar-refractivity contribution in [3.8, 4) is 11.4 Å². The maximum atomic E-state index is 12.7. The number of phenols is 1.